The quantitative estimate of drug-likeness (QED) is 0.604. The number of hydrogen-bond acceptors (Lipinski definition) is 3. The molecule has 1 aromatic carbocycles. The molecule has 3 N–H and O–H groups in total. The molecule has 0 aliphatic heterocycles. The Bertz CT molecular complexity index is 545. The van der Waals surface area contributed by atoms with E-state index in [0.29, 0.717) is 10.9 Å². The summed E-state index contributed by atoms with van der Waals surface area (Å²) in [5.74, 6) is 5.34. The molecular formula is C12H11Br2FN2S. The lowest BCUT2D eigenvalue weighted by molar-refractivity contribution is 0.553. The molecule has 18 heavy (non-hydrogen) atoms. The lowest BCUT2D eigenvalue weighted by Crippen LogP contribution is -2.29. The molecule has 0 saturated carbocycles. The average Bonchev–Trinajstić information content (AvgIpc) is 2.77. The molecule has 0 saturated heterocycles. The first-order valence-electron chi connectivity index (χ1n) is 5.25. The predicted octanol–water partition coefficient (Wildman–Crippen LogP) is 4.16. The number of benzene rings is 1. The second-order valence-corrected chi connectivity index (χ2v) is 6.36. The van der Waals surface area contributed by atoms with E-state index in [1.165, 1.54) is 6.07 Å². The van der Waals surface area contributed by atoms with Crippen LogP contribution in [0.2, 0.25) is 0 Å². The molecule has 1 aromatic heterocycles. The lowest BCUT2D eigenvalue weighted by Gasteiger charge is -2.16. The first-order chi connectivity index (χ1) is 8.63. The Labute approximate surface area is 126 Å². The van der Waals surface area contributed by atoms with Gasteiger partial charge in [0, 0.05) is 9.35 Å². The molecule has 0 amide bonds. The largest absolute Gasteiger partial charge is 0.271 e. The fourth-order valence-electron chi connectivity index (χ4n) is 1.71. The van der Waals surface area contributed by atoms with Gasteiger partial charge in [-0.2, -0.15) is 0 Å². The van der Waals surface area contributed by atoms with Crippen molar-refractivity contribution in [2.24, 2.45) is 5.84 Å². The van der Waals surface area contributed by atoms with E-state index in [4.69, 9.17) is 5.84 Å². The highest BCUT2D eigenvalue weighted by molar-refractivity contribution is 9.10. The van der Waals surface area contributed by atoms with Gasteiger partial charge >= 0.3 is 0 Å². The lowest BCUT2D eigenvalue weighted by atomic mass is 10.1. The summed E-state index contributed by atoms with van der Waals surface area (Å²) in [4.78, 5) is 1.11. The smallest absolute Gasteiger partial charge is 0.137 e. The van der Waals surface area contributed by atoms with E-state index >= 15 is 0 Å². The zero-order chi connectivity index (χ0) is 13.1. The van der Waals surface area contributed by atoms with Gasteiger partial charge in [-0.05, 0) is 61.4 Å². The highest BCUT2D eigenvalue weighted by Gasteiger charge is 2.17. The van der Waals surface area contributed by atoms with Crippen LogP contribution < -0.4 is 11.3 Å². The van der Waals surface area contributed by atoms with Gasteiger partial charge in [0.25, 0.3) is 0 Å². The zero-order valence-electron chi connectivity index (χ0n) is 9.29. The van der Waals surface area contributed by atoms with Gasteiger partial charge in [0.15, 0.2) is 0 Å². The van der Waals surface area contributed by atoms with Gasteiger partial charge in [-0.15, -0.1) is 11.3 Å². The van der Waals surface area contributed by atoms with Crippen molar-refractivity contribution in [2.45, 2.75) is 12.5 Å². The predicted molar refractivity (Wildman–Crippen MR) is 79.9 cm³/mol. The van der Waals surface area contributed by atoms with Crippen molar-refractivity contribution < 1.29 is 4.39 Å². The van der Waals surface area contributed by atoms with Crippen LogP contribution in [0, 0.1) is 5.82 Å². The highest BCUT2D eigenvalue weighted by atomic mass is 79.9. The van der Waals surface area contributed by atoms with E-state index in [9.17, 15) is 4.39 Å². The van der Waals surface area contributed by atoms with E-state index < -0.39 is 0 Å². The molecule has 0 fully saturated rings. The van der Waals surface area contributed by atoms with Crippen molar-refractivity contribution in [3.8, 4) is 0 Å². The molecule has 2 aromatic rings. The molecule has 0 aliphatic rings. The van der Waals surface area contributed by atoms with Crippen molar-refractivity contribution in [2.75, 3.05) is 0 Å². The minimum Gasteiger partial charge on any atom is -0.271 e. The minimum atomic E-state index is -0.256. The maximum absolute atomic E-state index is 13.5. The van der Waals surface area contributed by atoms with Crippen LogP contribution in [0.15, 0.2) is 38.6 Å². The molecule has 6 heteroatoms. The van der Waals surface area contributed by atoms with Gasteiger partial charge in [0.1, 0.15) is 5.82 Å². The standard InChI is InChI=1S/C12H11Br2FN2S/c13-8-4-5-18-12(8)10(17-16)6-7-2-1-3-9(15)11(7)14/h1-5,10,17H,6,16H2. The number of thiophene rings is 1. The van der Waals surface area contributed by atoms with Crippen molar-refractivity contribution in [3.63, 3.8) is 0 Å². The average molecular weight is 394 g/mol. The second-order valence-electron chi connectivity index (χ2n) is 3.77. The Morgan fingerprint density at radius 3 is 2.72 bits per heavy atom. The number of hydrogen-bond donors (Lipinski definition) is 2. The Hall–Kier alpha value is -0.270. The minimum absolute atomic E-state index is 0.0440. The van der Waals surface area contributed by atoms with Crippen LogP contribution in [0.4, 0.5) is 4.39 Å². The third-order valence-electron chi connectivity index (χ3n) is 2.62. The number of rotatable bonds is 4. The van der Waals surface area contributed by atoms with E-state index in [0.717, 1.165) is 14.9 Å². The zero-order valence-corrected chi connectivity index (χ0v) is 13.3. The van der Waals surface area contributed by atoms with E-state index in [1.54, 1.807) is 17.4 Å². The van der Waals surface area contributed by atoms with E-state index in [1.807, 2.05) is 17.5 Å². The number of nitrogens with one attached hydrogen (secondary N) is 1. The Morgan fingerprint density at radius 2 is 2.11 bits per heavy atom. The Morgan fingerprint density at radius 1 is 1.33 bits per heavy atom. The molecule has 1 heterocycles. The number of hydrazine groups is 1. The third kappa shape index (κ3) is 3.00. The van der Waals surface area contributed by atoms with Crippen molar-refractivity contribution in [1.82, 2.24) is 5.43 Å². The summed E-state index contributed by atoms with van der Waals surface area (Å²) < 4.78 is 15.0. The van der Waals surface area contributed by atoms with Crippen LogP contribution in [0.1, 0.15) is 16.5 Å². The molecule has 1 unspecified atom stereocenters. The first kappa shape index (κ1) is 14.1. The fourth-order valence-corrected chi connectivity index (χ4v) is 3.84. The molecular weight excluding hydrogens is 383 g/mol. The summed E-state index contributed by atoms with van der Waals surface area (Å²) in [6.45, 7) is 0. The third-order valence-corrected chi connectivity index (χ3v) is 5.49. The van der Waals surface area contributed by atoms with Crippen LogP contribution in [-0.2, 0) is 6.42 Å². The van der Waals surface area contributed by atoms with Crippen LogP contribution in [-0.4, -0.2) is 0 Å². The molecule has 1 atom stereocenters. The summed E-state index contributed by atoms with van der Waals surface area (Å²) in [5.41, 5.74) is 3.66. The number of halogens is 3. The highest BCUT2D eigenvalue weighted by Crippen LogP contribution is 2.32. The first-order valence-corrected chi connectivity index (χ1v) is 7.72. The molecule has 96 valence electrons. The topological polar surface area (TPSA) is 38.0 Å². The monoisotopic (exact) mass is 392 g/mol. The van der Waals surface area contributed by atoms with Gasteiger partial charge in [-0.1, -0.05) is 12.1 Å². The summed E-state index contributed by atoms with van der Waals surface area (Å²) >= 11 is 8.36. The molecule has 2 rings (SSSR count). The second kappa shape index (κ2) is 6.25. The van der Waals surface area contributed by atoms with Crippen LogP contribution in [0.25, 0.3) is 0 Å². The van der Waals surface area contributed by atoms with Gasteiger partial charge in [0.05, 0.1) is 10.5 Å². The molecule has 2 nitrogen and oxygen atoms in total. The van der Waals surface area contributed by atoms with E-state index in [-0.39, 0.29) is 11.9 Å². The van der Waals surface area contributed by atoms with E-state index in [2.05, 4.69) is 37.3 Å². The summed E-state index contributed by atoms with van der Waals surface area (Å²) in [6, 6.07) is 6.95. The molecule has 0 bridgehead atoms. The normalized spacial score (nSPS) is 12.7. The van der Waals surface area contributed by atoms with Gasteiger partial charge < -0.3 is 0 Å². The maximum atomic E-state index is 13.5. The van der Waals surface area contributed by atoms with Gasteiger partial charge in [0.2, 0.25) is 0 Å². The molecule has 0 radical (unpaired) electrons. The van der Waals surface area contributed by atoms with Crippen molar-refractivity contribution in [3.05, 3.63) is 54.8 Å². The summed E-state index contributed by atoms with van der Waals surface area (Å²) in [5, 5.41) is 1.99. The molecule has 0 spiro atoms. The summed E-state index contributed by atoms with van der Waals surface area (Å²) in [7, 11) is 0. The maximum Gasteiger partial charge on any atom is 0.137 e. The van der Waals surface area contributed by atoms with Crippen LogP contribution in [0.3, 0.4) is 0 Å². The van der Waals surface area contributed by atoms with Gasteiger partial charge in [-0.25, -0.2) is 4.39 Å². The summed E-state index contributed by atoms with van der Waals surface area (Å²) in [6.07, 6.45) is 0.619. The Kier molecular flexibility index (Phi) is 4.91. The molecule has 0 aliphatic carbocycles. The fraction of sp³-hybridized carbons (Fsp3) is 0.167. The Balaban J connectivity index is 2.26. The van der Waals surface area contributed by atoms with Gasteiger partial charge in [-0.3, -0.25) is 11.3 Å². The number of nitrogens with two attached hydrogens (primary N) is 1. The van der Waals surface area contributed by atoms with Crippen LogP contribution in [0.5, 0.6) is 0 Å². The van der Waals surface area contributed by atoms with Crippen LogP contribution >= 0.6 is 43.2 Å². The van der Waals surface area contributed by atoms with Crippen molar-refractivity contribution in [1.29, 1.82) is 0 Å². The SMILES string of the molecule is NNC(Cc1cccc(F)c1Br)c1sccc1Br. The van der Waals surface area contributed by atoms with Crippen molar-refractivity contribution >= 4 is 43.2 Å².